The molecule has 0 fully saturated rings. The molecule has 0 saturated carbocycles. The molecule has 0 heterocycles. The quantitative estimate of drug-likeness (QED) is 0.606. The van der Waals surface area contributed by atoms with E-state index >= 15 is 0 Å². The van der Waals surface area contributed by atoms with Gasteiger partial charge in [0.15, 0.2) is 5.78 Å². The number of nitro groups is 1. The van der Waals surface area contributed by atoms with Crippen molar-refractivity contribution in [1.29, 1.82) is 0 Å². The number of ketones is 1. The summed E-state index contributed by atoms with van der Waals surface area (Å²) in [7, 11) is 0. The summed E-state index contributed by atoms with van der Waals surface area (Å²) in [5.74, 6) is -0.919. The molecule has 1 unspecified atom stereocenters. The summed E-state index contributed by atoms with van der Waals surface area (Å²) in [5, 5.41) is 11.4. The van der Waals surface area contributed by atoms with Crippen LogP contribution in [0.25, 0.3) is 0 Å². The average molecular weight is 304 g/mol. The van der Waals surface area contributed by atoms with Gasteiger partial charge in [-0.05, 0) is 23.3 Å². The smallest absolute Gasteiger partial charge is 0.217 e. The Morgan fingerprint density at radius 2 is 1.71 bits per heavy atom. The Bertz CT molecular complexity index is 626. The van der Waals surface area contributed by atoms with Crippen molar-refractivity contribution >= 4 is 17.4 Å². The molecular formula is C16H14ClNO3. The van der Waals surface area contributed by atoms with Crippen LogP contribution in [-0.2, 0) is 11.2 Å². The van der Waals surface area contributed by atoms with Crippen molar-refractivity contribution in [1.82, 2.24) is 0 Å². The molecule has 108 valence electrons. The molecule has 5 heteroatoms. The second kappa shape index (κ2) is 6.99. The molecule has 0 amide bonds. The number of benzene rings is 2. The Kier molecular flexibility index (Phi) is 5.06. The largest absolute Gasteiger partial charge is 0.298 e. The number of carbonyl (C=O) groups excluding carboxylic acids is 1. The first kappa shape index (κ1) is 15.2. The van der Waals surface area contributed by atoms with E-state index in [9.17, 15) is 14.9 Å². The molecule has 2 aromatic carbocycles. The van der Waals surface area contributed by atoms with Crippen LogP contribution in [0.15, 0.2) is 54.6 Å². The van der Waals surface area contributed by atoms with Crippen LogP contribution >= 0.6 is 11.6 Å². The molecule has 2 rings (SSSR count). The predicted molar refractivity (Wildman–Crippen MR) is 81.2 cm³/mol. The first-order valence-corrected chi connectivity index (χ1v) is 6.88. The third-order valence-corrected chi connectivity index (χ3v) is 3.47. The molecule has 0 aliphatic carbocycles. The van der Waals surface area contributed by atoms with Gasteiger partial charge in [0.2, 0.25) is 6.54 Å². The van der Waals surface area contributed by atoms with E-state index in [1.54, 1.807) is 24.3 Å². The molecule has 21 heavy (non-hydrogen) atoms. The maximum absolute atomic E-state index is 12.4. The second-order valence-corrected chi connectivity index (χ2v) is 5.18. The number of nitrogens with zero attached hydrogens (tertiary/aromatic N) is 1. The van der Waals surface area contributed by atoms with Crippen LogP contribution < -0.4 is 0 Å². The zero-order valence-electron chi connectivity index (χ0n) is 11.2. The monoisotopic (exact) mass is 303 g/mol. The second-order valence-electron chi connectivity index (χ2n) is 4.75. The summed E-state index contributed by atoms with van der Waals surface area (Å²) in [4.78, 5) is 22.8. The van der Waals surface area contributed by atoms with Gasteiger partial charge in [0.1, 0.15) is 5.92 Å². The van der Waals surface area contributed by atoms with E-state index in [2.05, 4.69) is 0 Å². The number of carbonyl (C=O) groups is 1. The van der Waals surface area contributed by atoms with E-state index in [1.807, 2.05) is 30.3 Å². The fraction of sp³-hybridized carbons (Fsp3) is 0.188. The van der Waals surface area contributed by atoms with Crippen LogP contribution in [0, 0.1) is 10.1 Å². The maximum atomic E-state index is 12.4. The normalized spacial score (nSPS) is 11.9. The van der Waals surface area contributed by atoms with Gasteiger partial charge < -0.3 is 0 Å². The Balaban J connectivity index is 2.21. The number of Topliss-reactive ketones (excluding diaryl/α,β-unsaturated/α-hetero) is 1. The van der Waals surface area contributed by atoms with E-state index in [0.29, 0.717) is 10.6 Å². The minimum Gasteiger partial charge on any atom is -0.298 e. The molecule has 0 aliphatic rings. The van der Waals surface area contributed by atoms with E-state index in [0.717, 1.165) is 5.56 Å². The molecule has 0 aliphatic heterocycles. The van der Waals surface area contributed by atoms with Crippen molar-refractivity contribution in [2.24, 2.45) is 0 Å². The van der Waals surface area contributed by atoms with Crippen molar-refractivity contribution in [3.63, 3.8) is 0 Å². The first-order valence-electron chi connectivity index (χ1n) is 6.50. The maximum Gasteiger partial charge on any atom is 0.217 e. The summed E-state index contributed by atoms with van der Waals surface area (Å²) >= 11 is 5.81. The molecule has 2 aromatic rings. The first-order chi connectivity index (χ1) is 10.1. The fourth-order valence-corrected chi connectivity index (χ4v) is 2.28. The van der Waals surface area contributed by atoms with Gasteiger partial charge in [-0.15, -0.1) is 0 Å². The summed E-state index contributed by atoms with van der Waals surface area (Å²) in [6.45, 7) is -0.409. The summed E-state index contributed by atoms with van der Waals surface area (Å²) in [5.41, 5.74) is 1.47. The Labute approximate surface area is 127 Å². The number of rotatable bonds is 6. The van der Waals surface area contributed by atoms with Gasteiger partial charge in [-0.1, -0.05) is 54.1 Å². The van der Waals surface area contributed by atoms with Crippen LogP contribution in [0.5, 0.6) is 0 Å². The lowest BCUT2D eigenvalue weighted by molar-refractivity contribution is -0.481. The molecule has 0 aromatic heterocycles. The molecule has 4 nitrogen and oxygen atoms in total. The van der Waals surface area contributed by atoms with Gasteiger partial charge in [-0.3, -0.25) is 14.9 Å². The summed E-state index contributed by atoms with van der Waals surface area (Å²) < 4.78 is 0. The Morgan fingerprint density at radius 1 is 1.10 bits per heavy atom. The highest BCUT2D eigenvalue weighted by atomic mass is 35.5. The van der Waals surface area contributed by atoms with Crippen molar-refractivity contribution in [2.45, 2.75) is 12.3 Å². The number of hydrogen-bond donors (Lipinski definition) is 0. The van der Waals surface area contributed by atoms with Crippen molar-refractivity contribution < 1.29 is 9.72 Å². The molecule has 1 atom stereocenters. The Hall–Kier alpha value is -2.20. The molecule has 0 spiro atoms. The van der Waals surface area contributed by atoms with Gasteiger partial charge in [-0.25, -0.2) is 0 Å². The van der Waals surface area contributed by atoms with E-state index in [1.165, 1.54) is 0 Å². The highest BCUT2D eigenvalue weighted by Gasteiger charge is 2.25. The third kappa shape index (κ3) is 4.39. The SMILES string of the molecule is O=C(Cc1ccccc1)C(C[N+](=O)[O-])c1ccc(Cl)cc1. The van der Waals surface area contributed by atoms with Gasteiger partial charge in [0, 0.05) is 16.4 Å². The van der Waals surface area contributed by atoms with Crippen LogP contribution in [0.3, 0.4) is 0 Å². The molecular weight excluding hydrogens is 290 g/mol. The van der Waals surface area contributed by atoms with Gasteiger partial charge in [0.25, 0.3) is 0 Å². The van der Waals surface area contributed by atoms with Gasteiger partial charge in [0.05, 0.1) is 0 Å². The van der Waals surface area contributed by atoms with Crippen LogP contribution in [0.1, 0.15) is 17.0 Å². The number of hydrogen-bond acceptors (Lipinski definition) is 3. The lowest BCUT2D eigenvalue weighted by atomic mass is 9.91. The van der Waals surface area contributed by atoms with Crippen molar-refractivity contribution in [3.8, 4) is 0 Å². The molecule has 0 radical (unpaired) electrons. The lowest BCUT2D eigenvalue weighted by Crippen LogP contribution is -2.23. The lowest BCUT2D eigenvalue weighted by Gasteiger charge is -2.12. The minimum atomic E-state index is -0.752. The molecule has 0 saturated heterocycles. The van der Waals surface area contributed by atoms with Crippen molar-refractivity contribution in [2.75, 3.05) is 6.54 Å². The summed E-state index contributed by atoms with van der Waals surface area (Å²) in [6.07, 6.45) is 0.183. The fourth-order valence-electron chi connectivity index (χ4n) is 2.16. The predicted octanol–water partition coefficient (Wildman–Crippen LogP) is 3.51. The topological polar surface area (TPSA) is 60.2 Å². The van der Waals surface area contributed by atoms with E-state index < -0.39 is 17.4 Å². The number of halogens is 1. The zero-order valence-corrected chi connectivity index (χ0v) is 12.0. The molecule has 0 bridgehead atoms. The molecule has 0 N–H and O–H groups in total. The van der Waals surface area contributed by atoms with Crippen LogP contribution in [0.4, 0.5) is 0 Å². The zero-order chi connectivity index (χ0) is 15.2. The van der Waals surface area contributed by atoms with Crippen LogP contribution in [-0.4, -0.2) is 17.3 Å². The highest BCUT2D eigenvalue weighted by molar-refractivity contribution is 6.30. The standard InChI is InChI=1S/C16H14ClNO3/c17-14-8-6-13(7-9-14)15(11-18(20)21)16(19)10-12-4-2-1-3-5-12/h1-9,15H,10-11H2. The van der Waals surface area contributed by atoms with Gasteiger partial charge >= 0.3 is 0 Å². The van der Waals surface area contributed by atoms with E-state index in [-0.39, 0.29) is 12.2 Å². The summed E-state index contributed by atoms with van der Waals surface area (Å²) in [6, 6.07) is 15.8. The average Bonchev–Trinajstić information content (AvgIpc) is 2.46. The highest BCUT2D eigenvalue weighted by Crippen LogP contribution is 2.21. The van der Waals surface area contributed by atoms with Crippen LogP contribution in [0.2, 0.25) is 5.02 Å². The Morgan fingerprint density at radius 3 is 2.29 bits per heavy atom. The van der Waals surface area contributed by atoms with Crippen molar-refractivity contribution in [3.05, 3.63) is 80.9 Å². The minimum absolute atomic E-state index is 0.166. The third-order valence-electron chi connectivity index (χ3n) is 3.21. The van der Waals surface area contributed by atoms with Gasteiger partial charge in [-0.2, -0.15) is 0 Å². The van der Waals surface area contributed by atoms with E-state index in [4.69, 9.17) is 11.6 Å².